The molecule has 0 aliphatic heterocycles. The monoisotopic (exact) mass is 236 g/mol. The molecule has 2 rings (SSSR count). The molecule has 2 unspecified atom stereocenters. The fourth-order valence-corrected chi connectivity index (χ4v) is 1.68. The summed E-state index contributed by atoms with van der Waals surface area (Å²) in [4.78, 5) is 22.9. The van der Waals surface area contributed by atoms with E-state index < -0.39 is 0 Å². The minimum atomic E-state index is -0.260. The van der Waals surface area contributed by atoms with Crippen molar-refractivity contribution in [2.75, 3.05) is 13.1 Å². The van der Waals surface area contributed by atoms with Gasteiger partial charge in [0.05, 0.1) is 6.26 Å². The molecule has 0 radical (unpaired) electrons. The summed E-state index contributed by atoms with van der Waals surface area (Å²) in [6.45, 7) is 2.92. The van der Waals surface area contributed by atoms with Gasteiger partial charge >= 0.3 is 0 Å². The Kier molecular flexibility index (Phi) is 3.46. The molecule has 1 aromatic rings. The molecule has 2 amide bonds. The van der Waals surface area contributed by atoms with Crippen molar-refractivity contribution < 1.29 is 14.0 Å². The molecule has 2 N–H and O–H groups in total. The summed E-state index contributed by atoms with van der Waals surface area (Å²) >= 11 is 0. The molecule has 1 aromatic heterocycles. The zero-order valence-electron chi connectivity index (χ0n) is 9.73. The lowest BCUT2D eigenvalue weighted by atomic mass is 10.3. The van der Waals surface area contributed by atoms with Gasteiger partial charge in [-0.1, -0.05) is 6.92 Å². The van der Waals surface area contributed by atoms with Gasteiger partial charge in [0.15, 0.2) is 5.76 Å². The Morgan fingerprint density at radius 3 is 2.71 bits per heavy atom. The van der Waals surface area contributed by atoms with Crippen LogP contribution < -0.4 is 10.6 Å². The molecule has 0 aromatic carbocycles. The number of hydrogen-bond donors (Lipinski definition) is 2. The lowest BCUT2D eigenvalue weighted by Crippen LogP contribution is -2.35. The second-order valence-corrected chi connectivity index (χ2v) is 4.34. The number of carbonyl (C=O) groups excluding carboxylic acids is 2. The minimum Gasteiger partial charge on any atom is -0.459 e. The smallest absolute Gasteiger partial charge is 0.287 e. The highest BCUT2D eigenvalue weighted by atomic mass is 16.3. The Labute approximate surface area is 99.6 Å². The molecule has 1 saturated carbocycles. The average molecular weight is 236 g/mol. The third-order valence-electron chi connectivity index (χ3n) is 2.90. The van der Waals surface area contributed by atoms with Crippen LogP contribution in [0.2, 0.25) is 0 Å². The van der Waals surface area contributed by atoms with Crippen molar-refractivity contribution in [2.24, 2.45) is 11.8 Å². The fraction of sp³-hybridized carbons (Fsp3) is 0.500. The standard InChI is InChI=1S/C12H16N2O3/c1-8-7-9(8)11(15)13-4-5-14-12(16)10-3-2-6-17-10/h2-3,6,8-9H,4-5,7H2,1H3,(H,13,15)(H,14,16). The maximum atomic E-state index is 11.4. The predicted octanol–water partition coefficient (Wildman–Crippen LogP) is 0.782. The van der Waals surface area contributed by atoms with E-state index in [2.05, 4.69) is 17.6 Å². The second-order valence-electron chi connectivity index (χ2n) is 4.34. The molecule has 2 atom stereocenters. The lowest BCUT2D eigenvalue weighted by Gasteiger charge is -2.05. The van der Waals surface area contributed by atoms with E-state index in [9.17, 15) is 9.59 Å². The van der Waals surface area contributed by atoms with Crippen molar-refractivity contribution in [3.8, 4) is 0 Å². The van der Waals surface area contributed by atoms with Crippen molar-refractivity contribution >= 4 is 11.8 Å². The van der Waals surface area contributed by atoms with E-state index in [1.165, 1.54) is 6.26 Å². The van der Waals surface area contributed by atoms with Crippen molar-refractivity contribution in [1.29, 1.82) is 0 Å². The maximum Gasteiger partial charge on any atom is 0.287 e. The van der Waals surface area contributed by atoms with Crippen molar-refractivity contribution in [3.05, 3.63) is 24.2 Å². The molecule has 1 aliphatic carbocycles. The first-order valence-electron chi connectivity index (χ1n) is 5.78. The summed E-state index contributed by atoms with van der Waals surface area (Å²) in [5.41, 5.74) is 0. The first kappa shape index (κ1) is 11.7. The summed E-state index contributed by atoms with van der Waals surface area (Å²) in [5, 5.41) is 5.45. The van der Waals surface area contributed by atoms with Crippen LogP contribution in [0.5, 0.6) is 0 Å². The highest BCUT2D eigenvalue weighted by Gasteiger charge is 2.38. The molecule has 1 fully saturated rings. The molecular formula is C12H16N2O3. The van der Waals surface area contributed by atoms with Crippen molar-refractivity contribution in [2.45, 2.75) is 13.3 Å². The maximum absolute atomic E-state index is 11.4. The largest absolute Gasteiger partial charge is 0.459 e. The Hall–Kier alpha value is -1.78. The van der Waals surface area contributed by atoms with Crippen molar-refractivity contribution in [3.63, 3.8) is 0 Å². The number of amides is 2. The van der Waals surface area contributed by atoms with Crippen LogP contribution in [0.1, 0.15) is 23.9 Å². The summed E-state index contributed by atoms with van der Waals surface area (Å²) in [5.74, 6) is 0.796. The third kappa shape index (κ3) is 3.09. The zero-order chi connectivity index (χ0) is 12.3. The van der Waals surface area contributed by atoms with E-state index in [4.69, 9.17) is 4.42 Å². The van der Waals surface area contributed by atoms with Crippen LogP contribution in [-0.2, 0) is 4.79 Å². The molecular weight excluding hydrogens is 220 g/mol. The Morgan fingerprint density at radius 1 is 1.41 bits per heavy atom. The highest BCUT2D eigenvalue weighted by molar-refractivity contribution is 5.91. The molecule has 17 heavy (non-hydrogen) atoms. The van der Waals surface area contributed by atoms with Gasteiger partial charge in [-0.3, -0.25) is 9.59 Å². The zero-order valence-corrected chi connectivity index (χ0v) is 9.73. The van der Waals surface area contributed by atoms with Gasteiger partial charge in [0.2, 0.25) is 5.91 Å². The number of rotatable bonds is 5. The number of carbonyl (C=O) groups is 2. The second kappa shape index (κ2) is 5.03. The summed E-state index contributed by atoms with van der Waals surface area (Å²) < 4.78 is 4.94. The molecule has 92 valence electrons. The van der Waals surface area contributed by atoms with Gasteiger partial charge < -0.3 is 15.1 Å². The van der Waals surface area contributed by atoms with Crippen molar-refractivity contribution in [1.82, 2.24) is 10.6 Å². The normalized spacial score (nSPS) is 21.9. The van der Waals surface area contributed by atoms with Crippen LogP contribution in [0.4, 0.5) is 0 Å². The Morgan fingerprint density at radius 2 is 2.12 bits per heavy atom. The Bertz CT molecular complexity index is 400. The predicted molar refractivity (Wildman–Crippen MR) is 61.3 cm³/mol. The van der Waals surface area contributed by atoms with Crippen LogP contribution in [0, 0.1) is 11.8 Å². The topological polar surface area (TPSA) is 71.3 Å². The number of furan rings is 1. The third-order valence-corrected chi connectivity index (χ3v) is 2.90. The van der Waals surface area contributed by atoms with Gasteiger partial charge in [-0.15, -0.1) is 0 Å². The van der Waals surface area contributed by atoms with Crippen LogP contribution in [0.3, 0.4) is 0 Å². The van der Waals surface area contributed by atoms with E-state index in [1.807, 2.05) is 0 Å². The van der Waals surface area contributed by atoms with Gasteiger partial charge in [-0.05, 0) is 24.5 Å². The van der Waals surface area contributed by atoms with E-state index in [-0.39, 0.29) is 23.5 Å². The number of nitrogens with one attached hydrogen (secondary N) is 2. The fourth-order valence-electron chi connectivity index (χ4n) is 1.68. The molecule has 1 heterocycles. The lowest BCUT2D eigenvalue weighted by molar-refractivity contribution is -0.122. The Balaban J connectivity index is 1.60. The molecule has 0 saturated heterocycles. The summed E-state index contributed by atoms with van der Waals surface area (Å²) in [6.07, 6.45) is 2.43. The van der Waals surface area contributed by atoms with Gasteiger partial charge in [-0.25, -0.2) is 0 Å². The van der Waals surface area contributed by atoms with E-state index in [0.29, 0.717) is 19.0 Å². The molecule has 5 heteroatoms. The van der Waals surface area contributed by atoms with Gasteiger partial charge in [-0.2, -0.15) is 0 Å². The van der Waals surface area contributed by atoms with Crippen LogP contribution in [-0.4, -0.2) is 24.9 Å². The van der Waals surface area contributed by atoms with Crippen LogP contribution in [0.15, 0.2) is 22.8 Å². The molecule has 5 nitrogen and oxygen atoms in total. The molecule has 1 aliphatic rings. The first-order valence-corrected chi connectivity index (χ1v) is 5.78. The summed E-state index contributed by atoms with van der Waals surface area (Å²) in [6, 6.07) is 3.25. The van der Waals surface area contributed by atoms with E-state index in [0.717, 1.165) is 6.42 Å². The quantitative estimate of drug-likeness (QED) is 0.742. The summed E-state index contributed by atoms with van der Waals surface area (Å²) in [7, 11) is 0. The van der Waals surface area contributed by atoms with Crippen LogP contribution in [0.25, 0.3) is 0 Å². The average Bonchev–Trinajstić information content (AvgIpc) is 2.84. The minimum absolute atomic E-state index is 0.0877. The van der Waals surface area contributed by atoms with Gasteiger partial charge in [0.1, 0.15) is 0 Å². The SMILES string of the molecule is CC1CC1C(=O)NCCNC(=O)c1ccco1. The van der Waals surface area contributed by atoms with E-state index >= 15 is 0 Å². The van der Waals surface area contributed by atoms with Gasteiger partial charge in [0.25, 0.3) is 5.91 Å². The van der Waals surface area contributed by atoms with E-state index in [1.54, 1.807) is 12.1 Å². The molecule has 0 bridgehead atoms. The number of hydrogen-bond acceptors (Lipinski definition) is 3. The first-order chi connectivity index (χ1) is 8.18. The van der Waals surface area contributed by atoms with Gasteiger partial charge in [0, 0.05) is 19.0 Å². The van der Waals surface area contributed by atoms with Crippen LogP contribution >= 0.6 is 0 Å². The highest BCUT2D eigenvalue weighted by Crippen LogP contribution is 2.37. The molecule has 0 spiro atoms.